The Hall–Kier alpha value is -0.340. The number of hydrogen-bond donors (Lipinski definition) is 2. The minimum Gasteiger partial charge on any atom is -0.395 e. The van der Waals surface area contributed by atoms with Gasteiger partial charge in [-0.25, -0.2) is 0 Å². The Balaban J connectivity index is 3.76. The first-order valence-electron chi connectivity index (χ1n) is 2.54. The van der Waals surface area contributed by atoms with Gasteiger partial charge in [0.15, 0.2) is 0 Å². The fourth-order valence-electron chi connectivity index (χ4n) is 0.179. The molecule has 2 N–H and O–H groups in total. The van der Waals surface area contributed by atoms with Gasteiger partial charge >= 0.3 is 0 Å². The van der Waals surface area contributed by atoms with Crippen molar-refractivity contribution in [2.45, 2.75) is 6.92 Å². The summed E-state index contributed by atoms with van der Waals surface area (Å²) in [6.07, 6.45) is 1.55. The Kier molecular flexibility index (Phi) is 2.72. The molecule has 0 aliphatic carbocycles. The van der Waals surface area contributed by atoms with Crippen LogP contribution in [-0.4, -0.2) is 23.4 Å². The molecule has 8 heavy (non-hydrogen) atoms. The number of aliphatic hydroxyl groups excluding tert-OH is 2. The predicted molar refractivity (Wildman–Crippen MR) is 32.5 cm³/mol. The Bertz CT molecular complexity index is 74.6. The van der Waals surface area contributed by atoms with Crippen molar-refractivity contribution in [1.29, 1.82) is 0 Å². The van der Waals surface area contributed by atoms with Crippen molar-refractivity contribution in [3.05, 3.63) is 12.7 Å². The first-order chi connectivity index (χ1) is 3.68. The zero-order valence-electron chi connectivity index (χ0n) is 5.09. The van der Waals surface area contributed by atoms with Crippen LogP contribution in [-0.2, 0) is 0 Å². The predicted octanol–water partition coefficient (Wildman–Crippen LogP) is 0.163. The lowest BCUT2D eigenvalue weighted by atomic mass is 9.94. The van der Waals surface area contributed by atoms with Crippen LogP contribution in [0.4, 0.5) is 0 Å². The second-order valence-electron chi connectivity index (χ2n) is 2.17. The molecule has 0 fully saturated rings. The minimum atomic E-state index is -0.500. The first-order valence-corrected chi connectivity index (χ1v) is 2.54. The quantitative estimate of drug-likeness (QED) is 0.516. The van der Waals surface area contributed by atoms with Crippen LogP contribution in [0, 0.1) is 5.41 Å². The van der Waals surface area contributed by atoms with E-state index < -0.39 is 5.41 Å². The van der Waals surface area contributed by atoms with E-state index in [1.807, 2.05) is 0 Å². The second-order valence-corrected chi connectivity index (χ2v) is 2.17. The molecule has 0 rings (SSSR count). The molecule has 0 saturated carbocycles. The van der Waals surface area contributed by atoms with Gasteiger partial charge in [0.2, 0.25) is 0 Å². The molecule has 0 atom stereocenters. The van der Waals surface area contributed by atoms with Crippen molar-refractivity contribution in [3.8, 4) is 0 Å². The Morgan fingerprint density at radius 1 is 1.50 bits per heavy atom. The van der Waals surface area contributed by atoms with E-state index in [2.05, 4.69) is 6.58 Å². The maximum Gasteiger partial charge on any atom is 0.0541 e. The first kappa shape index (κ1) is 7.66. The fraction of sp³-hybridized carbons (Fsp3) is 0.667. The lowest BCUT2D eigenvalue weighted by molar-refractivity contribution is 0.108. The van der Waals surface area contributed by atoms with Crippen LogP contribution in [0.15, 0.2) is 12.7 Å². The molecule has 0 aliphatic rings. The van der Waals surface area contributed by atoms with E-state index >= 15 is 0 Å². The highest BCUT2D eigenvalue weighted by molar-refractivity contribution is 4.89. The number of hydrogen-bond acceptors (Lipinski definition) is 2. The molecular formula is C6H12O2. The average Bonchev–Trinajstić information content (AvgIpc) is 1.87. The van der Waals surface area contributed by atoms with Gasteiger partial charge in [0.1, 0.15) is 0 Å². The number of rotatable bonds is 3. The third-order valence-electron chi connectivity index (χ3n) is 1.22. The third kappa shape index (κ3) is 1.64. The molecule has 0 radical (unpaired) electrons. The molecule has 0 aromatic carbocycles. The molecular weight excluding hydrogens is 104 g/mol. The smallest absolute Gasteiger partial charge is 0.0541 e. The summed E-state index contributed by atoms with van der Waals surface area (Å²) < 4.78 is 0. The highest BCUT2D eigenvalue weighted by Gasteiger charge is 2.16. The lowest BCUT2D eigenvalue weighted by Crippen LogP contribution is -2.22. The van der Waals surface area contributed by atoms with Crippen molar-refractivity contribution in [2.24, 2.45) is 5.41 Å². The van der Waals surface area contributed by atoms with Crippen LogP contribution in [0.5, 0.6) is 0 Å². The van der Waals surface area contributed by atoms with Crippen molar-refractivity contribution in [2.75, 3.05) is 13.2 Å². The van der Waals surface area contributed by atoms with Gasteiger partial charge in [0, 0.05) is 5.41 Å². The second kappa shape index (κ2) is 2.84. The molecule has 0 bridgehead atoms. The van der Waals surface area contributed by atoms with Gasteiger partial charge in [-0.05, 0) is 0 Å². The van der Waals surface area contributed by atoms with E-state index in [1.165, 1.54) is 0 Å². The molecule has 0 spiro atoms. The van der Waals surface area contributed by atoms with Crippen molar-refractivity contribution in [3.63, 3.8) is 0 Å². The minimum absolute atomic E-state index is 0.0486. The Morgan fingerprint density at radius 3 is 1.88 bits per heavy atom. The summed E-state index contributed by atoms with van der Waals surface area (Å²) in [7, 11) is 0. The van der Waals surface area contributed by atoms with Crippen molar-refractivity contribution < 1.29 is 10.2 Å². The molecule has 2 nitrogen and oxygen atoms in total. The van der Waals surface area contributed by atoms with Crippen LogP contribution in [0.1, 0.15) is 6.92 Å². The van der Waals surface area contributed by atoms with Gasteiger partial charge in [-0.1, -0.05) is 13.0 Å². The molecule has 0 heterocycles. The van der Waals surface area contributed by atoms with Gasteiger partial charge in [-0.3, -0.25) is 0 Å². The summed E-state index contributed by atoms with van der Waals surface area (Å²) in [4.78, 5) is 0. The molecule has 0 aromatic rings. The molecule has 0 aliphatic heterocycles. The largest absolute Gasteiger partial charge is 0.395 e. The van der Waals surface area contributed by atoms with Gasteiger partial charge in [-0.15, -0.1) is 6.58 Å². The molecule has 2 heteroatoms. The van der Waals surface area contributed by atoms with E-state index in [0.29, 0.717) is 0 Å². The van der Waals surface area contributed by atoms with Crippen LogP contribution < -0.4 is 0 Å². The van der Waals surface area contributed by atoms with Crippen LogP contribution in [0.2, 0.25) is 0 Å². The normalized spacial score (nSPS) is 11.4. The third-order valence-corrected chi connectivity index (χ3v) is 1.22. The Labute approximate surface area is 49.5 Å². The van der Waals surface area contributed by atoms with Gasteiger partial charge in [0.05, 0.1) is 13.2 Å². The SMILES string of the molecule is C=CC(C)(CO)CO. The monoisotopic (exact) mass is 116 g/mol. The Morgan fingerprint density at radius 2 is 1.88 bits per heavy atom. The summed E-state index contributed by atoms with van der Waals surface area (Å²) >= 11 is 0. The topological polar surface area (TPSA) is 40.5 Å². The van der Waals surface area contributed by atoms with E-state index in [9.17, 15) is 0 Å². The lowest BCUT2D eigenvalue weighted by Gasteiger charge is -2.18. The molecule has 0 saturated heterocycles. The van der Waals surface area contributed by atoms with Crippen LogP contribution in [0.25, 0.3) is 0 Å². The maximum absolute atomic E-state index is 8.55. The van der Waals surface area contributed by atoms with E-state index in [4.69, 9.17) is 10.2 Å². The maximum atomic E-state index is 8.55. The zero-order valence-corrected chi connectivity index (χ0v) is 5.09. The van der Waals surface area contributed by atoms with Gasteiger partial charge in [-0.2, -0.15) is 0 Å². The summed E-state index contributed by atoms with van der Waals surface area (Å²) in [5, 5.41) is 17.1. The van der Waals surface area contributed by atoms with Crippen molar-refractivity contribution in [1.82, 2.24) is 0 Å². The van der Waals surface area contributed by atoms with Crippen LogP contribution in [0.3, 0.4) is 0 Å². The van der Waals surface area contributed by atoms with Gasteiger partial charge < -0.3 is 10.2 Å². The van der Waals surface area contributed by atoms with Crippen molar-refractivity contribution >= 4 is 0 Å². The number of aliphatic hydroxyl groups is 2. The molecule has 0 unspecified atom stereocenters. The standard InChI is InChI=1S/C6H12O2/c1-3-6(2,4-7)5-8/h3,7-8H,1,4-5H2,2H3. The highest BCUT2D eigenvalue weighted by Crippen LogP contribution is 2.13. The fourth-order valence-corrected chi connectivity index (χ4v) is 0.179. The summed E-state index contributed by atoms with van der Waals surface area (Å²) in [5.74, 6) is 0. The van der Waals surface area contributed by atoms with Crippen LogP contribution >= 0.6 is 0 Å². The van der Waals surface area contributed by atoms with E-state index in [-0.39, 0.29) is 13.2 Å². The average molecular weight is 116 g/mol. The zero-order chi connectivity index (χ0) is 6.62. The summed E-state index contributed by atoms with van der Waals surface area (Å²) in [5.41, 5.74) is -0.500. The molecule has 0 aromatic heterocycles. The van der Waals surface area contributed by atoms with E-state index in [0.717, 1.165) is 0 Å². The molecule has 0 amide bonds. The van der Waals surface area contributed by atoms with E-state index in [1.54, 1.807) is 13.0 Å². The summed E-state index contributed by atoms with van der Waals surface area (Å²) in [6.45, 7) is 5.09. The van der Waals surface area contributed by atoms with Gasteiger partial charge in [0.25, 0.3) is 0 Å². The highest BCUT2D eigenvalue weighted by atomic mass is 16.3. The molecule has 48 valence electrons. The summed E-state index contributed by atoms with van der Waals surface area (Å²) in [6, 6.07) is 0.